The molecule has 0 saturated carbocycles. The number of benzene rings is 3. The first-order valence-corrected chi connectivity index (χ1v) is 14.9. The van der Waals surface area contributed by atoms with Gasteiger partial charge < -0.3 is 14.8 Å². The quantitative estimate of drug-likeness (QED) is 0.378. The van der Waals surface area contributed by atoms with E-state index in [2.05, 4.69) is 5.32 Å². The Morgan fingerprint density at radius 2 is 1.63 bits per heavy atom. The molecule has 0 spiro atoms. The lowest BCUT2D eigenvalue weighted by atomic mass is 10.2. The summed E-state index contributed by atoms with van der Waals surface area (Å²) >= 11 is 0. The van der Waals surface area contributed by atoms with E-state index in [1.807, 2.05) is 6.07 Å². The van der Waals surface area contributed by atoms with Crippen LogP contribution in [-0.4, -0.2) is 66.9 Å². The lowest BCUT2D eigenvalue weighted by Gasteiger charge is -2.34. The zero-order chi connectivity index (χ0) is 27.3. The van der Waals surface area contributed by atoms with E-state index in [4.69, 9.17) is 9.47 Å². The van der Waals surface area contributed by atoms with Gasteiger partial charge in [-0.15, -0.1) is 0 Å². The van der Waals surface area contributed by atoms with Crippen molar-refractivity contribution < 1.29 is 31.1 Å². The number of carbonyl (C=O) groups excluding carboxylic acids is 1. The average Bonchev–Trinajstić information content (AvgIpc) is 2.90. The second kappa shape index (κ2) is 11.4. The van der Waals surface area contributed by atoms with Crippen molar-refractivity contribution in [1.29, 1.82) is 0 Å². The van der Waals surface area contributed by atoms with Crippen LogP contribution in [0.15, 0.2) is 83.8 Å². The molecule has 0 radical (unpaired) electrons. The Kier molecular flexibility index (Phi) is 8.24. The number of nitrogens with one attached hydrogen (secondary N) is 1. The van der Waals surface area contributed by atoms with E-state index in [1.54, 1.807) is 48.5 Å². The Hall–Kier alpha value is -3.61. The molecule has 0 unspecified atom stereocenters. The molecule has 3 aromatic carbocycles. The molecule has 12 heteroatoms. The fourth-order valence-corrected chi connectivity index (χ4v) is 6.32. The number of fused-ring (bicyclic) bond motifs is 1. The smallest absolute Gasteiger partial charge is 0.263 e. The number of amides is 1. The van der Waals surface area contributed by atoms with Crippen LogP contribution in [0.1, 0.15) is 5.56 Å². The number of anilines is 1. The maximum Gasteiger partial charge on any atom is 0.263 e. The van der Waals surface area contributed by atoms with Crippen molar-refractivity contribution in [2.24, 2.45) is 0 Å². The fraction of sp³-hybridized carbons (Fsp3) is 0.269. The molecular formula is C26H29N3O7S2. The van der Waals surface area contributed by atoms with Crippen molar-refractivity contribution in [1.82, 2.24) is 9.62 Å². The number of carbonyl (C=O) groups is 1. The summed E-state index contributed by atoms with van der Waals surface area (Å²) in [6, 6.07) is 21.5. The molecule has 0 aromatic heterocycles. The number of sulfonamides is 2. The van der Waals surface area contributed by atoms with Gasteiger partial charge in [0.2, 0.25) is 20.0 Å². The molecule has 10 nitrogen and oxygen atoms in total. The Morgan fingerprint density at radius 3 is 2.32 bits per heavy atom. The first-order valence-electron chi connectivity index (χ1n) is 11.8. The predicted octanol–water partition coefficient (Wildman–Crippen LogP) is 2.23. The molecule has 0 fully saturated rings. The van der Waals surface area contributed by atoms with Gasteiger partial charge in [0, 0.05) is 14.1 Å². The molecule has 1 N–H and O–H groups in total. The van der Waals surface area contributed by atoms with Crippen LogP contribution in [0, 0.1) is 0 Å². The number of rotatable bonds is 10. The molecule has 0 aliphatic carbocycles. The van der Waals surface area contributed by atoms with Gasteiger partial charge in [-0.3, -0.25) is 9.10 Å². The summed E-state index contributed by atoms with van der Waals surface area (Å²) in [4.78, 5) is 13.0. The van der Waals surface area contributed by atoms with Crippen molar-refractivity contribution in [3.63, 3.8) is 0 Å². The molecular weight excluding hydrogens is 530 g/mol. The van der Waals surface area contributed by atoms with Crippen LogP contribution in [0.4, 0.5) is 5.69 Å². The maximum absolute atomic E-state index is 13.3. The number of para-hydroxylation sites is 2. The fourth-order valence-electron chi connectivity index (χ4n) is 3.84. The van der Waals surface area contributed by atoms with Gasteiger partial charge in [0.05, 0.1) is 29.4 Å². The van der Waals surface area contributed by atoms with Crippen LogP contribution in [0.2, 0.25) is 0 Å². The summed E-state index contributed by atoms with van der Waals surface area (Å²) in [7, 11) is -4.42. The van der Waals surface area contributed by atoms with E-state index in [0.717, 1.165) is 4.31 Å². The highest BCUT2D eigenvalue weighted by Crippen LogP contribution is 2.35. The van der Waals surface area contributed by atoms with Gasteiger partial charge in [-0.25, -0.2) is 21.1 Å². The summed E-state index contributed by atoms with van der Waals surface area (Å²) in [6.45, 7) is 0.0837. The standard InChI is InChI=1S/C26H29N3O7S2/c1-28(2)38(33,34)22-14-12-21(13-15-22)35-17-16-27-26(30)25-18-29(23-10-6-7-11-24(23)36-25)37(31,32)19-20-8-4-3-5-9-20/h3-15,25H,16-19H2,1-2H3,(H,27,30)/t25-/m1/s1. The molecule has 4 rings (SSSR count). The lowest BCUT2D eigenvalue weighted by molar-refractivity contribution is -0.127. The third-order valence-corrected chi connectivity index (χ3v) is 9.37. The Balaban J connectivity index is 1.36. The van der Waals surface area contributed by atoms with Crippen LogP contribution in [0.3, 0.4) is 0 Å². The van der Waals surface area contributed by atoms with Crippen LogP contribution < -0.4 is 19.1 Å². The number of hydrogen-bond acceptors (Lipinski definition) is 7. The normalized spacial score (nSPS) is 15.4. The third-order valence-electron chi connectivity index (χ3n) is 5.83. The van der Waals surface area contributed by atoms with Gasteiger partial charge >= 0.3 is 0 Å². The Morgan fingerprint density at radius 1 is 0.974 bits per heavy atom. The van der Waals surface area contributed by atoms with E-state index in [0.29, 0.717) is 22.7 Å². The molecule has 1 atom stereocenters. The van der Waals surface area contributed by atoms with Crippen molar-refractivity contribution in [2.75, 3.05) is 38.1 Å². The van der Waals surface area contributed by atoms with Gasteiger partial charge in [-0.1, -0.05) is 42.5 Å². The van der Waals surface area contributed by atoms with Gasteiger partial charge in [-0.2, -0.15) is 0 Å². The molecule has 1 aliphatic heterocycles. The zero-order valence-corrected chi connectivity index (χ0v) is 22.6. The summed E-state index contributed by atoms with van der Waals surface area (Å²) in [5, 5.41) is 2.71. The highest BCUT2D eigenvalue weighted by molar-refractivity contribution is 7.92. The number of nitrogens with zero attached hydrogens (tertiary/aromatic N) is 2. The second-order valence-corrected chi connectivity index (χ2v) is 12.8. The SMILES string of the molecule is CN(C)S(=O)(=O)c1ccc(OCCNC(=O)[C@H]2CN(S(=O)(=O)Cc3ccccc3)c3ccccc3O2)cc1. The maximum atomic E-state index is 13.3. The number of ether oxygens (including phenoxy) is 2. The van der Waals surface area contributed by atoms with Crippen molar-refractivity contribution in [3.8, 4) is 11.5 Å². The Labute approximate surface area is 222 Å². The minimum absolute atomic E-state index is 0.116. The van der Waals surface area contributed by atoms with E-state index >= 15 is 0 Å². The van der Waals surface area contributed by atoms with E-state index in [-0.39, 0.29) is 30.3 Å². The Bertz CT molecular complexity index is 1480. The van der Waals surface area contributed by atoms with Gasteiger partial charge in [0.1, 0.15) is 18.1 Å². The molecule has 3 aromatic rings. The van der Waals surface area contributed by atoms with Crippen LogP contribution in [0.5, 0.6) is 11.5 Å². The van der Waals surface area contributed by atoms with Crippen molar-refractivity contribution in [3.05, 3.63) is 84.4 Å². The van der Waals surface area contributed by atoms with Crippen molar-refractivity contribution >= 4 is 31.6 Å². The molecule has 0 saturated heterocycles. The molecule has 1 aliphatic rings. The minimum Gasteiger partial charge on any atom is -0.492 e. The highest BCUT2D eigenvalue weighted by Gasteiger charge is 2.36. The van der Waals surface area contributed by atoms with Gasteiger partial charge in [0.15, 0.2) is 6.10 Å². The summed E-state index contributed by atoms with van der Waals surface area (Å²) in [5.74, 6) is 0.0619. The van der Waals surface area contributed by atoms with E-state index in [9.17, 15) is 21.6 Å². The zero-order valence-electron chi connectivity index (χ0n) is 21.0. The molecule has 202 valence electrons. The molecule has 38 heavy (non-hydrogen) atoms. The van der Waals surface area contributed by atoms with Crippen LogP contribution in [0.25, 0.3) is 0 Å². The second-order valence-electron chi connectivity index (χ2n) is 8.75. The third kappa shape index (κ3) is 6.26. The van der Waals surface area contributed by atoms with Crippen molar-refractivity contribution in [2.45, 2.75) is 16.8 Å². The van der Waals surface area contributed by atoms with Gasteiger partial charge in [-0.05, 0) is 42.0 Å². The number of hydrogen-bond donors (Lipinski definition) is 1. The van der Waals surface area contributed by atoms with Crippen LogP contribution in [-0.2, 0) is 30.6 Å². The summed E-state index contributed by atoms with van der Waals surface area (Å²) < 4.78 is 64.7. The molecule has 1 amide bonds. The topological polar surface area (TPSA) is 122 Å². The largest absolute Gasteiger partial charge is 0.492 e. The first-order chi connectivity index (χ1) is 18.1. The van der Waals surface area contributed by atoms with E-state index < -0.39 is 32.1 Å². The molecule has 1 heterocycles. The average molecular weight is 560 g/mol. The highest BCUT2D eigenvalue weighted by atomic mass is 32.2. The molecule has 0 bridgehead atoms. The summed E-state index contributed by atoms with van der Waals surface area (Å²) in [5.41, 5.74) is 1.03. The predicted molar refractivity (Wildman–Crippen MR) is 143 cm³/mol. The summed E-state index contributed by atoms with van der Waals surface area (Å²) in [6.07, 6.45) is -1.05. The monoisotopic (exact) mass is 559 g/mol. The van der Waals surface area contributed by atoms with E-state index in [1.165, 1.54) is 42.7 Å². The van der Waals surface area contributed by atoms with Gasteiger partial charge in [0.25, 0.3) is 5.91 Å². The minimum atomic E-state index is -3.79. The lowest BCUT2D eigenvalue weighted by Crippen LogP contribution is -2.51. The first kappa shape index (κ1) is 27.4. The van der Waals surface area contributed by atoms with Crippen LogP contribution >= 0.6 is 0 Å².